The first-order chi connectivity index (χ1) is 22.5. The first kappa shape index (κ1) is 43.4. The molecule has 9 heteroatoms. The van der Waals surface area contributed by atoms with Crippen LogP contribution in [0.1, 0.15) is 88.6 Å². The van der Waals surface area contributed by atoms with E-state index in [1.807, 2.05) is 57.3 Å². The maximum absolute atomic E-state index is 9.65. The molecule has 0 bridgehead atoms. The number of hydrogen-bond acceptors (Lipinski definition) is 7. The van der Waals surface area contributed by atoms with Crippen LogP contribution in [0, 0.1) is 11.3 Å². The molecule has 0 aromatic heterocycles. The standard InChI is InChI=1S/C28H29ClN2O2S.C4H10O.C3H7NO.C3H8/c1-6-33-27-16-26(32-5)22(17-30)15-25(27)19(3)31(4)28(21-7-11-23(29)12-8-21)18(2)20-9-13-24(34)14-10-20;1-3-4-5-2;1-2-4-3-5;1-3-2/h7-16,18,28,34H,3,6H2,1-2,4-5H3;3-4H2,1-2H3;3H,2H2,1H3,(H,4,5);3H2,1-2H3. The second-order valence-electron chi connectivity index (χ2n) is 10.4. The summed E-state index contributed by atoms with van der Waals surface area (Å²) in [6.45, 7) is 18.8. The molecular formula is C38H54ClN3O4S. The smallest absolute Gasteiger partial charge is 0.207 e. The molecule has 7 nitrogen and oxygen atoms in total. The van der Waals surface area contributed by atoms with Crippen LogP contribution in [0.4, 0.5) is 0 Å². The van der Waals surface area contributed by atoms with Gasteiger partial charge in [-0.15, -0.1) is 12.6 Å². The highest BCUT2D eigenvalue weighted by Crippen LogP contribution is 2.42. The minimum absolute atomic E-state index is 0.0577. The van der Waals surface area contributed by atoms with Gasteiger partial charge >= 0.3 is 0 Å². The molecule has 0 heterocycles. The lowest BCUT2D eigenvalue weighted by Crippen LogP contribution is -2.27. The zero-order valence-electron chi connectivity index (χ0n) is 29.6. The van der Waals surface area contributed by atoms with Crippen molar-refractivity contribution in [3.8, 4) is 17.6 Å². The van der Waals surface area contributed by atoms with Gasteiger partial charge in [-0.1, -0.05) is 76.6 Å². The van der Waals surface area contributed by atoms with Gasteiger partial charge < -0.3 is 24.4 Å². The summed E-state index contributed by atoms with van der Waals surface area (Å²) < 4.78 is 16.0. The number of nitrogens with one attached hydrogen (secondary N) is 1. The zero-order valence-corrected chi connectivity index (χ0v) is 31.3. The number of rotatable bonds is 13. The number of carbonyl (C=O) groups excluding carboxylic acids is 1. The van der Waals surface area contributed by atoms with Gasteiger partial charge in [0.1, 0.15) is 17.6 Å². The average molecular weight is 684 g/mol. The quantitative estimate of drug-likeness (QED) is 0.138. The monoisotopic (exact) mass is 683 g/mol. The Balaban J connectivity index is 0.00000138. The maximum atomic E-state index is 9.65. The molecule has 3 aromatic carbocycles. The summed E-state index contributed by atoms with van der Waals surface area (Å²) in [5, 5.41) is 12.8. The van der Waals surface area contributed by atoms with Gasteiger partial charge in [0.15, 0.2) is 0 Å². The Bertz CT molecular complexity index is 1340. The summed E-state index contributed by atoms with van der Waals surface area (Å²) in [5.41, 5.74) is 4.19. The minimum Gasteiger partial charge on any atom is -0.495 e. The normalized spacial score (nSPS) is 10.9. The average Bonchev–Trinajstić information content (AvgIpc) is 3.07. The molecule has 3 rings (SSSR count). The molecule has 0 radical (unpaired) electrons. The van der Waals surface area contributed by atoms with Crippen molar-refractivity contribution < 1.29 is 19.0 Å². The molecule has 0 spiro atoms. The molecule has 258 valence electrons. The summed E-state index contributed by atoms with van der Waals surface area (Å²) in [7, 11) is 5.27. The second-order valence-corrected chi connectivity index (χ2v) is 11.4. The third kappa shape index (κ3) is 15.2. The number of methoxy groups -OCH3 is 2. The molecule has 0 aliphatic carbocycles. The summed E-state index contributed by atoms with van der Waals surface area (Å²) in [6.07, 6.45) is 3.05. The van der Waals surface area contributed by atoms with E-state index in [2.05, 4.69) is 75.3 Å². The van der Waals surface area contributed by atoms with Crippen molar-refractivity contribution in [3.05, 3.63) is 94.5 Å². The summed E-state index contributed by atoms with van der Waals surface area (Å²) in [4.78, 5) is 12.3. The number of likely N-dealkylation sites (N-methyl/N-ethyl adjacent to an activating group) is 1. The number of ether oxygens (including phenoxy) is 3. The number of halogens is 1. The van der Waals surface area contributed by atoms with Crippen molar-refractivity contribution >= 4 is 36.3 Å². The Morgan fingerprint density at radius 2 is 1.60 bits per heavy atom. The number of nitrogens with zero attached hydrogens (tertiary/aromatic N) is 2. The van der Waals surface area contributed by atoms with Crippen molar-refractivity contribution in [3.63, 3.8) is 0 Å². The van der Waals surface area contributed by atoms with Gasteiger partial charge in [-0.2, -0.15) is 5.26 Å². The number of hydrogen-bond donors (Lipinski definition) is 2. The van der Waals surface area contributed by atoms with Gasteiger partial charge in [-0.25, -0.2) is 0 Å². The highest BCUT2D eigenvalue weighted by atomic mass is 35.5. The summed E-state index contributed by atoms with van der Waals surface area (Å²) in [5.74, 6) is 1.21. The van der Waals surface area contributed by atoms with E-state index in [0.29, 0.717) is 35.1 Å². The molecule has 2 atom stereocenters. The lowest BCUT2D eigenvalue weighted by atomic mass is 9.87. The molecule has 0 aliphatic rings. The lowest BCUT2D eigenvalue weighted by Gasteiger charge is -2.37. The number of benzene rings is 3. The molecular weight excluding hydrogens is 630 g/mol. The Hall–Kier alpha value is -3.64. The lowest BCUT2D eigenvalue weighted by molar-refractivity contribution is -0.109. The van der Waals surface area contributed by atoms with Crippen LogP contribution in [0.3, 0.4) is 0 Å². The minimum atomic E-state index is -0.0577. The molecule has 1 N–H and O–H groups in total. The maximum Gasteiger partial charge on any atom is 0.207 e. The van der Waals surface area contributed by atoms with E-state index in [-0.39, 0.29) is 12.0 Å². The van der Waals surface area contributed by atoms with Gasteiger partial charge in [0, 0.05) is 60.5 Å². The summed E-state index contributed by atoms with van der Waals surface area (Å²) >= 11 is 10.6. The molecule has 3 aromatic rings. The Labute approximate surface area is 294 Å². The first-order valence-corrected chi connectivity index (χ1v) is 16.7. The van der Waals surface area contributed by atoms with Gasteiger partial charge in [0.2, 0.25) is 6.41 Å². The molecule has 0 fully saturated rings. The second kappa shape index (κ2) is 25.4. The fourth-order valence-electron chi connectivity index (χ4n) is 4.43. The van der Waals surface area contributed by atoms with Crippen molar-refractivity contribution in [1.82, 2.24) is 10.2 Å². The van der Waals surface area contributed by atoms with E-state index in [1.165, 1.54) is 12.0 Å². The Morgan fingerprint density at radius 1 is 1.02 bits per heavy atom. The highest BCUT2D eigenvalue weighted by Gasteiger charge is 2.28. The third-order valence-corrected chi connectivity index (χ3v) is 7.23. The molecule has 0 saturated heterocycles. The van der Waals surface area contributed by atoms with E-state index in [9.17, 15) is 10.1 Å². The number of thiol groups is 1. The van der Waals surface area contributed by atoms with E-state index < -0.39 is 0 Å². The fraction of sp³-hybridized carbons (Fsp3) is 0.421. The Kier molecular flexibility index (Phi) is 23.5. The van der Waals surface area contributed by atoms with Crippen molar-refractivity contribution in [2.24, 2.45) is 0 Å². The first-order valence-electron chi connectivity index (χ1n) is 15.9. The van der Waals surface area contributed by atoms with Crippen LogP contribution in [0.2, 0.25) is 5.02 Å². The molecule has 47 heavy (non-hydrogen) atoms. The topological polar surface area (TPSA) is 83.8 Å². The van der Waals surface area contributed by atoms with Crippen LogP contribution >= 0.6 is 24.2 Å². The van der Waals surface area contributed by atoms with Crippen LogP contribution in [0.25, 0.3) is 5.70 Å². The predicted molar refractivity (Wildman–Crippen MR) is 200 cm³/mol. The molecule has 0 saturated carbocycles. The van der Waals surface area contributed by atoms with E-state index >= 15 is 0 Å². The van der Waals surface area contributed by atoms with Crippen molar-refractivity contribution in [2.75, 3.05) is 41.0 Å². The number of amides is 1. The van der Waals surface area contributed by atoms with E-state index in [1.54, 1.807) is 26.4 Å². The van der Waals surface area contributed by atoms with Crippen LogP contribution < -0.4 is 14.8 Å². The number of nitriles is 1. The highest BCUT2D eigenvalue weighted by molar-refractivity contribution is 7.80. The largest absolute Gasteiger partial charge is 0.495 e. The Morgan fingerprint density at radius 3 is 2.00 bits per heavy atom. The van der Waals surface area contributed by atoms with Crippen LogP contribution in [0.5, 0.6) is 11.5 Å². The van der Waals surface area contributed by atoms with Crippen LogP contribution in [-0.4, -0.2) is 52.3 Å². The molecule has 0 aliphatic heterocycles. The fourth-order valence-corrected chi connectivity index (χ4v) is 4.71. The zero-order chi connectivity index (χ0) is 35.8. The number of carbonyl (C=O) groups is 1. The molecule has 2 unspecified atom stereocenters. The van der Waals surface area contributed by atoms with Gasteiger partial charge in [-0.3, -0.25) is 4.79 Å². The molecule has 1 amide bonds. The van der Waals surface area contributed by atoms with E-state index in [4.69, 9.17) is 25.8 Å². The summed E-state index contributed by atoms with van der Waals surface area (Å²) in [6, 6.07) is 21.8. The van der Waals surface area contributed by atoms with E-state index in [0.717, 1.165) is 41.3 Å². The third-order valence-electron chi connectivity index (χ3n) is 6.68. The SMILES string of the molecule is C=C(c1cc(C#N)c(OC)cc1OCC)N(C)C(c1ccc(Cl)cc1)C(C)c1ccc(S)cc1.CCC.CCCOC.CCNC=O. The van der Waals surface area contributed by atoms with Gasteiger partial charge in [0.25, 0.3) is 0 Å². The van der Waals surface area contributed by atoms with Crippen molar-refractivity contribution in [2.45, 2.75) is 71.2 Å². The van der Waals surface area contributed by atoms with Crippen LogP contribution in [0.15, 0.2) is 72.1 Å². The van der Waals surface area contributed by atoms with Gasteiger partial charge in [0.05, 0.1) is 25.3 Å². The van der Waals surface area contributed by atoms with Crippen molar-refractivity contribution in [1.29, 1.82) is 5.26 Å². The predicted octanol–water partition coefficient (Wildman–Crippen LogP) is 9.57. The van der Waals surface area contributed by atoms with Gasteiger partial charge in [-0.05, 0) is 61.7 Å². The van der Waals surface area contributed by atoms with Crippen LogP contribution in [-0.2, 0) is 9.53 Å².